The number of esters is 1. The lowest BCUT2D eigenvalue weighted by molar-refractivity contribution is -0.384. The predicted octanol–water partition coefficient (Wildman–Crippen LogP) is 2.59. The number of ether oxygens (including phenoxy) is 1. The normalized spacial score (nSPS) is 10.4. The highest BCUT2D eigenvalue weighted by Crippen LogP contribution is 2.28. The van der Waals surface area contributed by atoms with Gasteiger partial charge in [0.2, 0.25) is 0 Å². The van der Waals surface area contributed by atoms with Crippen LogP contribution in [0.1, 0.15) is 17.3 Å². The third-order valence-electron chi connectivity index (χ3n) is 2.22. The van der Waals surface area contributed by atoms with Crippen LogP contribution in [0.15, 0.2) is 12.1 Å². The highest BCUT2D eigenvalue weighted by atomic mass is 19.3. The second kappa shape index (κ2) is 6.73. The highest BCUT2D eigenvalue weighted by Gasteiger charge is 2.23. The fourth-order valence-electron chi connectivity index (χ4n) is 1.41. The molecular formula is C11H11F3N2O4. The van der Waals surface area contributed by atoms with Crippen molar-refractivity contribution in [1.82, 2.24) is 0 Å². The SMILES string of the molecule is CCOC(=O)c1cc([N+](=O)[O-])c(NCC(F)F)cc1F. The number of hydrogen-bond donors (Lipinski definition) is 1. The smallest absolute Gasteiger partial charge is 0.341 e. The summed E-state index contributed by atoms with van der Waals surface area (Å²) >= 11 is 0. The summed E-state index contributed by atoms with van der Waals surface area (Å²) in [4.78, 5) is 21.3. The number of alkyl halides is 2. The molecule has 0 aliphatic heterocycles. The van der Waals surface area contributed by atoms with Crippen LogP contribution in [0.4, 0.5) is 24.5 Å². The number of anilines is 1. The lowest BCUT2D eigenvalue weighted by atomic mass is 10.1. The van der Waals surface area contributed by atoms with Crippen LogP contribution in [0.25, 0.3) is 0 Å². The Balaban J connectivity index is 3.17. The minimum atomic E-state index is -2.76. The van der Waals surface area contributed by atoms with E-state index in [-0.39, 0.29) is 6.61 Å². The topological polar surface area (TPSA) is 81.5 Å². The van der Waals surface area contributed by atoms with E-state index in [4.69, 9.17) is 0 Å². The van der Waals surface area contributed by atoms with Crippen LogP contribution >= 0.6 is 0 Å². The molecule has 0 atom stereocenters. The molecule has 0 aliphatic carbocycles. The Labute approximate surface area is 111 Å². The van der Waals surface area contributed by atoms with Crippen molar-refractivity contribution in [2.24, 2.45) is 0 Å². The molecule has 0 radical (unpaired) electrons. The fraction of sp³-hybridized carbons (Fsp3) is 0.364. The second-order valence-electron chi connectivity index (χ2n) is 3.60. The van der Waals surface area contributed by atoms with E-state index in [1.807, 2.05) is 5.32 Å². The maximum atomic E-state index is 13.6. The quantitative estimate of drug-likeness (QED) is 0.495. The van der Waals surface area contributed by atoms with Crippen LogP contribution in [-0.2, 0) is 4.74 Å². The molecule has 0 fully saturated rings. The van der Waals surface area contributed by atoms with E-state index in [1.165, 1.54) is 6.92 Å². The number of nitro benzene ring substituents is 1. The van der Waals surface area contributed by atoms with E-state index in [1.54, 1.807) is 0 Å². The first kappa shape index (κ1) is 15.7. The number of rotatable bonds is 6. The summed E-state index contributed by atoms with van der Waals surface area (Å²) in [6, 6.07) is 1.27. The minimum Gasteiger partial charge on any atom is -0.462 e. The van der Waals surface area contributed by atoms with Gasteiger partial charge in [0.25, 0.3) is 12.1 Å². The van der Waals surface area contributed by atoms with Crippen molar-refractivity contribution in [3.8, 4) is 0 Å². The van der Waals surface area contributed by atoms with Gasteiger partial charge in [-0.25, -0.2) is 18.0 Å². The standard InChI is InChI=1S/C11H11F3N2O4/c1-2-20-11(17)6-3-9(16(18)19)8(4-7(6)12)15-5-10(13)14/h3-4,10,15H,2,5H2,1H3. The van der Waals surface area contributed by atoms with Crippen molar-refractivity contribution in [3.05, 3.63) is 33.6 Å². The molecule has 0 aliphatic rings. The molecule has 1 rings (SSSR count). The number of carbonyl (C=O) groups is 1. The summed E-state index contributed by atoms with van der Waals surface area (Å²) in [6.45, 7) is 0.583. The van der Waals surface area contributed by atoms with Crippen LogP contribution in [0.5, 0.6) is 0 Å². The van der Waals surface area contributed by atoms with E-state index < -0.39 is 46.6 Å². The van der Waals surface area contributed by atoms with Crippen molar-refractivity contribution in [2.45, 2.75) is 13.3 Å². The largest absolute Gasteiger partial charge is 0.462 e. The Morgan fingerprint density at radius 2 is 2.15 bits per heavy atom. The van der Waals surface area contributed by atoms with E-state index >= 15 is 0 Å². The van der Waals surface area contributed by atoms with Crippen molar-refractivity contribution < 1.29 is 27.6 Å². The van der Waals surface area contributed by atoms with Crippen LogP contribution in [0, 0.1) is 15.9 Å². The lowest BCUT2D eigenvalue weighted by Gasteiger charge is -2.09. The summed E-state index contributed by atoms with van der Waals surface area (Å²) in [7, 11) is 0. The Bertz CT molecular complexity index is 523. The Hall–Kier alpha value is -2.32. The zero-order valence-electron chi connectivity index (χ0n) is 10.4. The number of hydrogen-bond acceptors (Lipinski definition) is 5. The molecule has 1 aromatic carbocycles. The van der Waals surface area contributed by atoms with Gasteiger partial charge in [-0.1, -0.05) is 0 Å². The molecule has 0 spiro atoms. The zero-order chi connectivity index (χ0) is 15.3. The zero-order valence-corrected chi connectivity index (χ0v) is 10.4. The Morgan fingerprint density at radius 1 is 1.50 bits per heavy atom. The van der Waals surface area contributed by atoms with Crippen LogP contribution in [-0.4, -0.2) is 30.5 Å². The number of nitrogens with zero attached hydrogens (tertiary/aromatic N) is 1. The average Bonchev–Trinajstić information content (AvgIpc) is 2.35. The highest BCUT2D eigenvalue weighted by molar-refractivity contribution is 5.91. The molecule has 1 N–H and O–H groups in total. The molecular weight excluding hydrogens is 281 g/mol. The molecule has 110 valence electrons. The maximum absolute atomic E-state index is 13.6. The third-order valence-corrected chi connectivity index (χ3v) is 2.22. The number of halogens is 3. The van der Waals surface area contributed by atoms with Gasteiger partial charge in [-0.3, -0.25) is 10.1 Å². The molecule has 9 heteroatoms. The van der Waals surface area contributed by atoms with E-state index in [9.17, 15) is 28.1 Å². The lowest BCUT2D eigenvalue weighted by Crippen LogP contribution is -2.13. The second-order valence-corrected chi connectivity index (χ2v) is 3.60. The number of benzene rings is 1. The van der Waals surface area contributed by atoms with Gasteiger partial charge in [-0.2, -0.15) is 0 Å². The molecule has 0 saturated carbocycles. The minimum absolute atomic E-state index is 0.0303. The first-order valence-electron chi connectivity index (χ1n) is 5.53. The average molecular weight is 292 g/mol. The first-order valence-corrected chi connectivity index (χ1v) is 5.53. The van der Waals surface area contributed by atoms with Crippen molar-refractivity contribution >= 4 is 17.3 Å². The Morgan fingerprint density at radius 3 is 2.65 bits per heavy atom. The van der Waals surface area contributed by atoms with Crippen LogP contribution in [0.3, 0.4) is 0 Å². The van der Waals surface area contributed by atoms with Crippen molar-refractivity contribution in [1.29, 1.82) is 0 Å². The molecule has 0 aromatic heterocycles. The summed E-state index contributed by atoms with van der Waals surface area (Å²) in [5.41, 5.74) is -1.74. The predicted molar refractivity (Wildman–Crippen MR) is 63.5 cm³/mol. The molecule has 0 heterocycles. The van der Waals surface area contributed by atoms with Gasteiger partial charge in [0.1, 0.15) is 17.1 Å². The molecule has 1 aromatic rings. The molecule has 20 heavy (non-hydrogen) atoms. The summed E-state index contributed by atoms with van der Waals surface area (Å²) < 4.78 is 42.3. The van der Waals surface area contributed by atoms with Crippen molar-refractivity contribution in [2.75, 3.05) is 18.5 Å². The van der Waals surface area contributed by atoms with Crippen LogP contribution in [0.2, 0.25) is 0 Å². The molecule has 6 nitrogen and oxygen atoms in total. The number of nitro groups is 1. The monoisotopic (exact) mass is 292 g/mol. The summed E-state index contributed by atoms with van der Waals surface area (Å²) in [5, 5.41) is 12.9. The number of carbonyl (C=O) groups excluding carboxylic acids is 1. The van der Waals surface area contributed by atoms with Crippen molar-refractivity contribution in [3.63, 3.8) is 0 Å². The van der Waals surface area contributed by atoms with Gasteiger partial charge in [0.05, 0.1) is 18.1 Å². The van der Waals surface area contributed by atoms with E-state index in [2.05, 4.69) is 4.74 Å². The van der Waals surface area contributed by atoms with Gasteiger partial charge in [0, 0.05) is 12.1 Å². The third kappa shape index (κ3) is 3.84. The summed E-state index contributed by atoms with van der Waals surface area (Å²) in [5.74, 6) is -2.15. The fourth-order valence-corrected chi connectivity index (χ4v) is 1.41. The van der Waals surface area contributed by atoms with E-state index in [0.29, 0.717) is 12.1 Å². The van der Waals surface area contributed by atoms with Gasteiger partial charge >= 0.3 is 5.97 Å². The van der Waals surface area contributed by atoms with Gasteiger partial charge in [-0.15, -0.1) is 0 Å². The molecule has 0 saturated heterocycles. The molecule has 0 amide bonds. The van der Waals surface area contributed by atoms with E-state index in [0.717, 1.165) is 0 Å². The Kier molecular flexibility index (Phi) is 5.30. The van der Waals surface area contributed by atoms with Gasteiger partial charge in [0.15, 0.2) is 0 Å². The maximum Gasteiger partial charge on any atom is 0.341 e. The molecule has 0 unspecified atom stereocenters. The number of nitrogens with one attached hydrogen (secondary N) is 1. The van der Waals surface area contributed by atoms with Crippen LogP contribution < -0.4 is 5.32 Å². The molecule has 0 bridgehead atoms. The summed E-state index contributed by atoms with van der Waals surface area (Å²) in [6.07, 6.45) is -2.76. The first-order chi connectivity index (χ1) is 9.36. The van der Waals surface area contributed by atoms with Gasteiger partial charge in [-0.05, 0) is 6.92 Å². The van der Waals surface area contributed by atoms with Gasteiger partial charge < -0.3 is 10.1 Å².